The van der Waals surface area contributed by atoms with Crippen LogP contribution in [0.25, 0.3) is 11.0 Å². The lowest BCUT2D eigenvalue weighted by Crippen LogP contribution is -2.10. The summed E-state index contributed by atoms with van der Waals surface area (Å²) in [7, 11) is 1.61. The summed E-state index contributed by atoms with van der Waals surface area (Å²) >= 11 is 0. The Bertz CT molecular complexity index is 632. The van der Waals surface area contributed by atoms with E-state index in [0.717, 1.165) is 0 Å². The van der Waals surface area contributed by atoms with E-state index in [1.165, 1.54) is 12.1 Å². The Morgan fingerprint density at radius 3 is 2.68 bits per heavy atom. The van der Waals surface area contributed by atoms with E-state index >= 15 is 0 Å². The van der Waals surface area contributed by atoms with Crippen LogP contribution in [0.15, 0.2) is 18.2 Å². The second-order valence-electron chi connectivity index (χ2n) is 4.21. The molecule has 1 aromatic heterocycles. The summed E-state index contributed by atoms with van der Waals surface area (Å²) in [5, 5.41) is 8.85. The maximum absolute atomic E-state index is 12.2. The number of fused-ring (bicyclic) bond motifs is 1. The summed E-state index contributed by atoms with van der Waals surface area (Å²) in [6.45, 7) is 0. The smallest absolute Gasteiger partial charge is 0.389 e. The molecule has 0 aliphatic rings. The molecular formula is C12H11F3N2O2. The van der Waals surface area contributed by atoms with Gasteiger partial charge in [-0.15, -0.1) is 0 Å². The third-order valence-electron chi connectivity index (χ3n) is 2.85. The molecule has 1 N–H and O–H groups in total. The highest BCUT2D eigenvalue weighted by molar-refractivity contribution is 5.92. The molecule has 0 radical (unpaired) electrons. The van der Waals surface area contributed by atoms with Crippen molar-refractivity contribution in [3.63, 3.8) is 0 Å². The van der Waals surface area contributed by atoms with Crippen LogP contribution in [0.3, 0.4) is 0 Å². The molecule has 0 saturated carbocycles. The van der Waals surface area contributed by atoms with Crippen molar-refractivity contribution in [1.82, 2.24) is 9.55 Å². The van der Waals surface area contributed by atoms with Gasteiger partial charge >= 0.3 is 12.1 Å². The number of aromatic nitrogens is 2. The number of hydrogen-bond acceptors (Lipinski definition) is 2. The highest BCUT2D eigenvalue weighted by atomic mass is 19.4. The monoisotopic (exact) mass is 272 g/mol. The average Bonchev–Trinajstić information content (AvgIpc) is 2.62. The Hall–Kier alpha value is -2.05. The number of halogens is 3. The normalized spacial score (nSPS) is 12.0. The Labute approximate surface area is 106 Å². The number of carboxylic acid groups (broad SMARTS) is 1. The lowest BCUT2D eigenvalue weighted by Gasteiger charge is -2.05. The molecule has 0 atom stereocenters. The first-order valence-electron chi connectivity index (χ1n) is 5.53. The first kappa shape index (κ1) is 13.4. The Kier molecular flexibility index (Phi) is 3.21. The molecule has 0 bridgehead atoms. The fourth-order valence-electron chi connectivity index (χ4n) is 1.86. The highest BCUT2D eigenvalue weighted by Gasteiger charge is 2.27. The molecule has 0 unspecified atom stereocenters. The molecule has 4 nitrogen and oxygen atoms in total. The Balaban J connectivity index is 2.36. The number of hydrogen-bond donors (Lipinski definition) is 1. The quantitative estimate of drug-likeness (QED) is 0.934. The number of nitrogens with zero attached hydrogens (tertiary/aromatic N) is 2. The van der Waals surface area contributed by atoms with Gasteiger partial charge in [-0.25, -0.2) is 9.78 Å². The van der Waals surface area contributed by atoms with E-state index in [4.69, 9.17) is 5.11 Å². The number of aryl methyl sites for hydroxylation is 2. The van der Waals surface area contributed by atoms with Crippen LogP contribution in [0.5, 0.6) is 0 Å². The zero-order valence-corrected chi connectivity index (χ0v) is 10.0. The minimum atomic E-state index is -4.23. The molecule has 19 heavy (non-hydrogen) atoms. The molecule has 0 aliphatic carbocycles. The van der Waals surface area contributed by atoms with Gasteiger partial charge in [0.05, 0.1) is 23.0 Å². The van der Waals surface area contributed by atoms with Crippen molar-refractivity contribution in [2.75, 3.05) is 0 Å². The summed E-state index contributed by atoms with van der Waals surface area (Å²) in [4.78, 5) is 14.9. The van der Waals surface area contributed by atoms with Crippen LogP contribution in [0.4, 0.5) is 13.2 Å². The zero-order chi connectivity index (χ0) is 14.2. The second kappa shape index (κ2) is 4.56. The van der Waals surface area contributed by atoms with Gasteiger partial charge in [0.15, 0.2) is 0 Å². The van der Waals surface area contributed by atoms with Gasteiger partial charge in [-0.1, -0.05) is 0 Å². The van der Waals surface area contributed by atoms with E-state index in [1.807, 2.05) is 0 Å². The molecule has 0 aliphatic heterocycles. The van der Waals surface area contributed by atoms with Crippen LogP contribution in [-0.4, -0.2) is 26.8 Å². The maximum atomic E-state index is 12.2. The largest absolute Gasteiger partial charge is 0.478 e. The molecule has 0 saturated heterocycles. The van der Waals surface area contributed by atoms with Gasteiger partial charge in [0, 0.05) is 13.5 Å². The maximum Gasteiger partial charge on any atom is 0.389 e. The predicted octanol–water partition coefficient (Wildman–Crippen LogP) is 2.77. The lowest BCUT2D eigenvalue weighted by atomic mass is 10.2. The molecule has 2 rings (SSSR count). The van der Waals surface area contributed by atoms with Gasteiger partial charge in [-0.05, 0) is 18.2 Å². The summed E-state index contributed by atoms with van der Waals surface area (Å²) in [6.07, 6.45) is -5.41. The van der Waals surface area contributed by atoms with E-state index in [9.17, 15) is 18.0 Å². The Morgan fingerprint density at radius 2 is 2.11 bits per heavy atom. The van der Waals surface area contributed by atoms with Crippen molar-refractivity contribution in [2.24, 2.45) is 7.05 Å². The molecule has 1 heterocycles. The zero-order valence-electron chi connectivity index (χ0n) is 10.0. The van der Waals surface area contributed by atoms with Crippen molar-refractivity contribution >= 4 is 17.0 Å². The number of rotatable bonds is 3. The average molecular weight is 272 g/mol. The Morgan fingerprint density at radius 1 is 1.42 bits per heavy atom. The summed E-state index contributed by atoms with van der Waals surface area (Å²) in [6, 6.07) is 4.30. The minimum absolute atomic E-state index is 0.0629. The van der Waals surface area contributed by atoms with Gasteiger partial charge in [0.1, 0.15) is 5.82 Å². The van der Waals surface area contributed by atoms with Crippen molar-refractivity contribution in [3.8, 4) is 0 Å². The number of aromatic carboxylic acids is 1. The fourth-order valence-corrected chi connectivity index (χ4v) is 1.86. The van der Waals surface area contributed by atoms with Crippen LogP contribution < -0.4 is 0 Å². The second-order valence-corrected chi connectivity index (χ2v) is 4.21. The summed E-state index contributed by atoms with van der Waals surface area (Å²) in [5.41, 5.74) is 1.06. The molecule has 0 amide bonds. The van der Waals surface area contributed by atoms with E-state index in [2.05, 4.69) is 4.98 Å². The molecule has 2 aromatic rings. The summed E-state index contributed by atoms with van der Waals surface area (Å²) < 4.78 is 38.1. The van der Waals surface area contributed by atoms with E-state index in [-0.39, 0.29) is 17.8 Å². The van der Waals surface area contributed by atoms with E-state index in [1.54, 1.807) is 17.7 Å². The van der Waals surface area contributed by atoms with Gasteiger partial charge in [0.2, 0.25) is 0 Å². The van der Waals surface area contributed by atoms with Gasteiger partial charge < -0.3 is 9.67 Å². The van der Waals surface area contributed by atoms with E-state index < -0.39 is 18.6 Å². The molecule has 1 aromatic carbocycles. The van der Waals surface area contributed by atoms with Crippen LogP contribution in [0.2, 0.25) is 0 Å². The molecule has 102 valence electrons. The van der Waals surface area contributed by atoms with Crippen molar-refractivity contribution in [1.29, 1.82) is 0 Å². The molecule has 0 spiro atoms. The van der Waals surface area contributed by atoms with Crippen LogP contribution in [0, 0.1) is 0 Å². The van der Waals surface area contributed by atoms with Crippen LogP contribution in [0.1, 0.15) is 22.6 Å². The van der Waals surface area contributed by atoms with E-state index in [0.29, 0.717) is 11.0 Å². The number of benzene rings is 1. The molecule has 7 heteroatoms. The SMILES string of the molecule is Cn1c(CCC(F)(F)F)nc2cc(C(=O)O)ccc21. The standard InChI is InChI=1S/C12H11F3N2O2/c1-17-9-3-2-7(11(18)19)6-8(9)16-10(17)4-5-12(13,14)15/h2-3,6H,4-5H2,1H3,(H,18,19). The van der Waals surface area contributed by atoms with Gasteiger partial charge in [-0.3, -0.25) is 0 Å². The first-order chi connectivity index (χ1) is 8.78. The highest BCUT2D eigenvalue weighted by Crippen LogP contribution is 2.23. The summed E-state index contributed by atoms with van der Waals surface area (Å²) in [5.74, 6) is -0.806. The van der Waals surface area contributed by atoms with Crippen LogP contribution in [-0.2, 0) is 13.5 Å². The third-order valence-corrected chi connectivity index (χ3v) is 2.85. The lowest BCUT2D eigenvalue weighted by molar-refractivity contribution is -0.134. The van der Waals surface area contributed by atoms with Crippen LogP contribution >= 0.6 is 0 Å². The predicted molar refractivity (Wildman–Crippen MR) is 62.0 cm³/mol. The van der Waals surface area contributed by atoms with Crippen molar-refractivity contribution < 1.29 is 23.1 Å². The fraction of sp³-hybridized carbons (Fsp3) is 0.333. The number of carboxylic acids is 1. The topological polar surface area (TPSA) is 55.1 Å². The third kappa shape index (κ3) is 2.86. The first-order valence-corrected chi connectivity index (χ1v) is 5.53. The number of alkyl halides is 3. The number of carbonyl (C=O) groups is 1. The minimum Gasteiger partial charge on any atom is -0.478 e. The van der Waals surface area contributed by atoms with Gasteiger partial charge in [0.25, 0.3) is 0 Å². The van der Waals surface area contributed by atoms with Crippen molar-refractivity contribution in [3.05, 3.63) is 29.6 Å². The van der Waals surface area contributed by atoms with Crippen molar-refractivity contribution in [2.45, 2.75) is 19.0 Å². The van der Waals surface area contributed by atoms with Gasteiger partial charge in [-0.2, -0.15) is 13.2 Å². The molecule has 0 fully saturated rings. The molecular weight excluding hydrogens is 261 g/mol. The number of imidazole rings is 1.